The van der Waals surface area contributed by atoms with Crippen molar-refractivity contribution in [2.75, 3.05) is 0 Å². The Morgan fingerprint density at radius 2 is 1.80 bits per heavy atom. The van der Waals surface area contributed by atoms with Gasteiger partial charge in [-0.1, -0.05) is 30.3 Å². The fraction of sp³-hybridized carbons (Fsp3) is 0.389. The van der Waals surface area contributed by atoms with Gasteiger partial charge in [0.1, 0.15) is 6.10 Å². The topological polar surface area (TPSA) is 84.3 Å². The van der Waals surface area contributed by atoms with Gasteiger partial charge in [-0.15, -0.1) is 0 Å². The quantitative estimate of drug-likeness (QED) is 0.867. The van der Waals surface area contributed by atoms with Crippen molar-refractivity contribution in [2.24, 2.45) is 0 Å². The number of carbonyl (C=O) groups is 1. The molecule has 25 heavy (non-hydrogen) atoms. The number of benzene rings is 1. The van der Waals surface area contributed by atoms with Gasteiger partial charge in [0.25, 0.3) is 5.91 Å². The van der Waals surface area contributed by atoms with Crippen molar-refractivity contribution >= 4 is 5.91 Å². The van der Waals surface area contributed by atoms with Crippen LogP contribution in [0.3, 0.4) is 0 Å². The smallest absolute Gasteiger partial charge is 0.316 e. The standard InChI is InChI=1S/C18H20FN3O3/c19-13-10-20-18(21-11-13)25-15-8-6-14(7-9-15)22-17(24)16(23)12-4-2-1-3-5-12/h1-5,10-11,14-16,23H,6-9H2,(H,22,24). The lowest BCUT2D eigenvalue weighted by atomic mass is 9.92. The highest BCUT2D eigenvalue weighted by Crippen LogP contribution is 2.23. The predicted molar refractivity (Wildman–Crippen MR) is 88.2 cm³/mol. The predicted octanol–water partition coefficient (Wildman–Crippen LogP) is 2.16. The third kappa shape index (κ3) is 4.73. The van der Waals surface area contributed by atoms with Gasteiger partial charge in [0.2, 0.25) is 0 Å². The van der Waals surface area contributed by atoms with Crippen molar-refractivity contribution in [1.29, 1.82) is 0 Å². The number of ether oxygens (including phenoxy) is 1. The number of nitrogens with zero attached hydrogens (tertiary/aromatic N) is 2. The van der Waals surface area contributed by atoms with E-state index in [4.69, 9.17) is 4.74 Å². The summed E-state index contributed by atoms with van der Waals surface area (Å²) in [5, 5.41) is 13.0. The molecule has 1 aliphatic carbocycles. The maximum Gasteiger partial charge on any atom is 0.316 e. The van der Waals surface area contributed by atoms with Crippen molar-refractivity contribution in [3.05, 3.63) is 54.1 Å². The van der Waals surface area contributed by atoms with Gasteiger partial charge in [0.15, 0.2) is 11.9 Å². The Hall–Kier alpha value is -2.54. The van der Waals surface area contributed by atoms with Crippen LogP contribution in [-0.2, 0) is 4.79 Å². The summed E-state index contributed by atoms with van der Waals surface area (Å²) in [6.07, 6.45) is 3.84. The summed E-state index contributed by atoms with van der Waals surface area (Å²) < 4.78 is 18.4. The minimum atomic E-state index is -1.16. The summed E-state index contributed by atoms with van der Waals surface area (Å²) in [5.41, 5.74) is 0.575. The molecule has 1 aromatic carbocycles. The summed E-state index contributed by atoms with van der Waals surface area (Å²) in [5.74, 6) is -0.895. The number of aromatic nitrogens is 2. The minimum absolute atomic E-state index is 0.000140. The first-order chi connectivity index (χ1) is 12.1. The van der Waals surface area contributed by atoms with E-state index in [-0.39, 0.29) is 18.2 Å². The van der Waals surface area contributed by atoms with E-state index in [1.54, 1.807) is 24.3 Å². The zero-order valence-electron chi connectivity index (χ0n) is 13.6. The van der Waals surface area contributed by atoms with Gasteiger partial charge in [-0.05, 0) is 31.2 Å². The summed E-state index contributed by atoms with van der Waals surface area (Å²) in [7, 11) is 0. The second-order valence-corrected chi connectivity index (χ2v) is 6.10. The van der Waals surface area contributed by atoms with Crippen molar-refractivity contribution < 1.29 is 19.0 Å². The van der Waals surface area contributed by atoms with E-state index >= 15 is 0 Å². The molecule has 1 unspecified atom stereocenters. The maximum atomic E-state index is 12.8. The normalized spacial score (nSPS) is 21.4. The van der Waals surface area contributed by atoms with Crippen LogP contribution >= 0.6 is 0 Å². The largest absolute Gasteiger partial charge is 0.460 e. The van der Waals surface area contributed by atoms with Gasteiger partial charge in [-0.2, -0.15) is 0 Å². The molecule has 2 aromatic rings. The zero-order valence-corrected chi connectivity index (χ0v) is 13.6. The molecule has 0 radical (unpaired) electrons. The van der Waals surface area contributed by atoms with Gasteiger partial charge >= 0.3 is 6.01 Å². The Kier molecular flexibility index (Phi) is 5.55. The van der Waals surface area contributed by atoms with Crippen LogP contribution in [0, 0.1) is 5.82 Å². The van der Waals surface area contributed by atoms with Crippen molar-refractivity contribution in [3.63, 3.8) is 0 Å². The lowest BCUT2D eigenvalue weighted by Gasteiger charge is -2.29. The van der Waals surface area contributed by atoms with Gasteiger partial charge in [0, 0.05) is 6.04 Å². The molecule has 1 atom stereocenters. The van der Waals surface area contributed by atoms with Crippen molar-refractivity contribution in [3.8, 4) is 6.01 Å². The average molecular weight is 345 g/mol. The highest BCUT2D eigenvalue weighted by Gasteiger charge is 2.26. The summed E-state index contributed by atoms with van der Waals surface area (Å²) in [4.78, 5) is 19.7. The zero-order chi connectivity index (χ0) is 17.6. The van der Waals surface area contributed by atoms with Crippen LogP contribution in [0.4, 0.5) is 4.39 Å². The number of amides is 1. The van der Waals surface area contributed by atoms with E-state index in [0.717, 1.165) is 38.1 Å². The Morgan fingerprint density at radius 1 is 1.16 bits per heavy atom. The maximum absolute atomic E-state index is 12.8. The molecule has 7 heteroatoms. The highest BCUT2D eigenvalue weighted by molar-refractivity contribution is 5.82. The van der Waals surface area contributed by atoms with E-state index in [1.165, 1.54) is 0 Å². The van der Waals surface area contributed by atoms with Crippen LogP contribution < -0.4 is 10.1 Å². The van der Waals surface area contributed by atoms with Gasteiger partial charge < -0.3 is 15.2 Å². The molecule has 3 rings (SSSR count). The van der Waals surface area contributed by atoms with E-state index in [2.05, 4.69) is 15.3 Å². The number of aliphatic hydroxyl groups excluding tert-OH is 1. The van der Waals surface area contributed by atoms with Crippen LogP contribution in [0.1, 0.15) is 37.4 Å². The summed E-state index contributed by atoms with van der Waals surface area (Å²) in [6, 6.07) is 9.00. The second kappa shape index (κ2) is 8.02. The average Bonchev–Trinajstić information content (AvgIpc) is 2.65. The van der Waals surface area contributed by atoms with Crippen molar-refractivity contribution in [2.45, 2.75) is 43.9 Å². The first kappa shape index (κ1) is 17.3. The number of nitrogens with one attached hydrogen (secondary N) is 1. The molecule has 0 spiro atoms. The number of carbonyl (C=O) groups excluding carboxylic acids is 1. The summed E-state index contributed by atoms with van der Waals surface area (Å²) in [6.45, 7) is 0. The van der Waals surface area contributed by atoms with E-state index < -0.39 is 17.8 Å². The van der Waals surface area contributed by atoms with E-state index in [0.29, 0.717) is 5.56 Å². The fourth-order valence-electron chi connectivity index (χ4n) is 2.90. The molecule has 0 bridgehead atoms. The lowest BCUT2D eigenvalue weighted by Crippen LogP contribution is -2.41. The third-order valence-electron chi connectivity index (χ3n) is 4.25. The van der Waals surface area contributed by atoms with E-state index in [1.807, 2.05) is 6.07 Å². The Balaban J connectivity index is 1.46. The molecule has 1 amide bonds. The Morgan fingerprint density at radius 3 is 2.44 bits per heavy atom. The molecule has 1 fully saturated rings. The molecule has 1 aromatic heterocycles. The molecule has 0 saturated heterocycles. The summed E-state index contributed by atoms with van der Waals surface area (Å²) >= 11 is 0. The molecule has 1 heterocycles. The van der Waals surface area contributed by atoms with Gasteiger partial charge in [0.05, 0.1) is 12.4 Å². The van der Waals surface area contributed by atoms with Crippen molar-refractivity contribution in [1.82, 2.24) is 15.3 Å². The van der Waals surface area contributed by atoms with Gasteiger partial charge in [-0.3, -0.25) is 4.79 Å². The first-order valence-corrected chi connectivity index (χ1v) is 8.29. The van der Waals surface area contributed by atoms with Gasteiger partial charge in [-0.25, -0.2) is 14.4 Å². The third-order valence-corrected chi connectivity index (χ3v) is 4.25. The molecule has 0 aliphatic heterocycles. The lowest BCUT2D eigenvalue weighted by molar-refractivity contribution is -0.130. The first-order valence-electron chi connectivity index (χ1n) is 8.29. The SMILES string of the molecule is O=C(NC1CCC(Oc2ncc(F)cn2)CC1)C(O)c1ccccc1. The van der Waals surface area contributed by atoms with Crippen LogP contribution in [0.15, 0.2) is 42.7 Å². The van der Waals surface area contributed by atoms with Crippen LogP contribution in [-0.4, -0.2) is 33.1 Å². The fourth-order valence-corrected chi connectivity index (χ4v) is 2.90. The monoisotopic (exact) mass is 345 g/mol. The molecule has 1 saturated carbocycles. The number of rotatable bonds is 5. The molecular formula is C18H20FN3O3. The van der Waals surface area contributed by atoms with Crippen LogP contribution in [0.25, 0.3) is 0 Å². The number of hydrogen-bond donors (Lipinski definition) is 2. The van der Waals surface area contributed by atoms with Crippen LogP contribution in [0.5, 0.6) is 6.01 Å². The minimum Gasteiger partial charge on any atom is -0.460 e. The van der Waals surface area contributed by atoms with E-state index in [9.17, 15) is 14.3 Å². The molecule has 1 aliphatic rings. The Bertz CT molecular complexity index is 688. The second-order valence-electron chi connectivity index (χ2n) is 6.10. The number of aliphatic hydroxyl groups is 1. The molecular weight excluding hydrogens is 325 g/mol. The molecule has 2 N–H and O–H groups in total. The molecule has 6 nitrogen and oxygen atoms in total. The highest BCUT2D eigenvalue weighted by atomic mass is 19.1. The Labute approximate surface area is 145 Å². The van der Waals surface area contributed by atoms with Crippen LogP contribution in [0.2, 0.25) is 0 Å². The number of hydrogen-bond acceptors (Lipinski definition) is 5. The number of halogens is 1. The molecule has 132 valence electrons.